The maximum absolute atomic E-state index is 6.15. The molecule has 2 aromatic rings. The number of hydrogen-bond acceptors (Lipinski definition) is 2. The van der Waals surface area contributed by atoms with Gasteiger partial charge in [-0.15, -0.1) is 0 Å². The fourth-order valence-corrected chi connectivity index (χ4v) is 3.16. The number of benzene rings is 2. The summed E-state index contributed by atoms with van der Waals surface area (Å²) in [6.07, 6.45) is 0. The zero-order chi connectivity index (χ0) is 15.5. The summed E-state index contributed by atoms with van der Waals surface area (Å²) in [7, 11) is 0. The molecule has 0 radical (unpaired) electrons. The molecule has 0 aliphatic rings. The van der Waals surface area contributed by atoms with E-state index in [0.717, 1.165) is 16.0 Å². The summed E-state index contributed by atoms with van der Waals surface area (Å²) in [6, 6.07) is 14.4. The highest BCUT2D eigenvalue weighted by Crippen LogP contribution is 2.32. The van der Waals surface area contributed by atoms with Crippen LogP contribution in [-0.4, -0.2) is 5.54 Å². The van der Waals surface area contributed by atoms with E-state index in [1.54, 1.807) is 11.8 Å². The van der Waals surface area contributed by atoms with Gasteiger partial charge in [-0.05, 0) is 68.8 Å². The molecule has 0 aromatic heterocycles. The second-order valence-corrected chi connectivity index (χ2v) is 8.38. The first-order chi connectivity index (χ1) is 9.83. The molecule has 0 amide bonds. The molecular weight excluding hydrogens is 366 g/mol. The van der Waals surface area contributed by atoms with Crippen LogP contribution in [-0.2, 0) is 6.54 Å². The third-order valence-corrected chi connectivity index (χ3v) is 4.76. The Balaban J connectivity index is 2.20. The van der Waals surface area contributed by atoms with Gasteiger partial charge >= 0.3 is 0 Å². The standard InChI is InChI=1S/C17H19BrClNS/c1-17(2,3)20-11-12-10-14(19)6-9-16(12)21-15-7-4-13(18)5-8-15/h4-10,20H,11H2,1-3H3. The first-order valence-corrected chi connectivity index (χ1v) is 8.79. The number of hydrogen-bond donors (Lipinski definition) is 1. The zero-order valence-corrected chi connectivity index (χ0v) is 15.6. The van der Waals surface area contributed by atoms with Gasteiger partial charge in [0.25, 0.3) is 0 Å². The normalized spacial score (nSPS) is 11.7. The molecule has 0 heterocycles. The van der Waals surface area contributed by atoms with Crippen molar-refractivity contribution in [2.45, 2.75) is 42.6 Å². The molecule has 1 N–H and O–H groups in total. The molecule has 0 saturated carbocycles. The fourth-order valence-electron chi connectivity index (χ4n) is 1.78. The van der Waals surface area contributed by atoms with Crippen LogP contribution in [0.5, 0.6) is 0 Å². The summed E-state index contributed by atoms with van der Waals surface area (Å²) >= 11 is 11.4. The van der Waals surface area contributed by atoms with Gasteiger partial charge in [-0.1, -0.05) is 39.3 Å². The molecule has 0 fully saturated rings. The van der Waals surface area contributed by atoms with E-state index in [1.807, 2.05) is 12.1 Å². The van der Waals surface area contributed by atoms with E-state index in [4.69, 9.17) is 11.6 Å². The fraction of sp³-hybridized carbons (Fsp3) is 0.294. The van der Waals surface area contributed by atoms with Gasteiger partial charge in [0.15, 0.2) is 0 Å². The van der Waals surface area contributed by atoms with Crippen LogP contribution < -0.4 is 5.32 Å². The number of rotatable bonds is 4. The molecule has 21 heavy (non-hydrogen) atoms. The van der Waals surface area contributed by atoms with E-state index in [0.29, 0.717) is 0 Å². The van der Waals surface area contributed by atoms with E-state index in [1.165, 1.54) is 15.4 Å². The van der Waals surface area contributed by atoms with E-state index in [9.17, 15) is 0 Å². The van der Waals surface area contributed by atoms with E-state index in [-0.39, 0.29) is 5.54 Å². The highest BCUT2D eigenvalue weighted by molar-refractivity contribution is 9.10. The molecular formula is C17H19BrClNS. The Morgan fingerprint density at radius 2 is 1.76 bits per heavy atom. The first-order valence-electron chi connectivity index (χ1n) is 6.80. The van der Waals surface area contributed by atoms with Gasteiger partial charge in [0.2, 0.25) is 0 Å². The summed E-state index contributed by atoms with van der Waals surface area (Å²) in [5.41, 5.74) is 1.31. The van der Waals surface area contributed by atoms with Gasteiger partial charge < -0.3 is 5.32 Å². The van der Waals surface area contributed by atoms with Gasteiger partial charge in [-0.3, -0.25) is 0 Å². The molecule has 2 rings (SSSR count). The van der Waals surface area contributed by atoms with Crippen molar-refractivity contribution < 1.29 is 0 Å². The van der Waals surface area contributed by atoms with Crippen LogP contribution in [0.4, 0.5) is 0 Å². The average Bonchev–Trinajstić information content (AvgIpc) is 2.40. The third kappa shape index (κ3) is 5.67. The second-order valence-electron chi connectivity index (χ2n) is 5.91. The Hall–Kier alpha value is -0.480. The molecule has 2 aromatic carbocycles. The van der Waals surface area contributed by atoms with Crippen molar-refractivity contribution in [2.75, 3.05) is 0 Å². The summed E-state index contributed by atoms with van der Waals surface area (Å²) < 4.78 is 1.09. The van der Waals surface area contributed by atoms with Gasteiger partial charge in [0.05, 0.1) is 0 Å². The lowest BCUT2D eigenvalue weighted by atomic mass is 10.1. The predicted octanol–water partition coefficient (Wildman–Crippen LogP) is 6.14. The number of nitrogens with one attached hydrogen (secondary N) is 1. The minimum absolute atomic E-state index is 0.0852. The van der Waals surface area contributed by atoms with Crippen molar-refractivity contribution in [3.63, 3.8) is 0 Å². The zero-order valence-electron chi connectivity index (χ0n) is 12.4. The van der Waals surface area contributed by atoms with Crippen LogP contribution >= 0.6 is 39.3 Å². The summed E-state index contributed by atoms with van der Waals surface area (Å²) in [5.74, 6) is 0. The molecule has 0 spiro atoms. The van der Waals surface area contributed by atoms with Crippen LogP contribution in [0.2, 0.25) is 5.02 Å². The monoisotopic (exact) mass is 383 g/mol. The highest BCUT2D eigenvalue weighted by atomic mass is 79.9. The lowest BCUT2D eigenvalue weighted by Crippen LogP contribution is -2.35. The SMILES string of the molecule is CC(C)(C)NCc1cc(Cl)ccc1Sc1ccc(Br)cc1. The van der Waals surface area contributed by atoms with Crippen molar-refractivity contribution >= 4 is 39.3 Å². The Morgan fingerprint density at radius 1 is 1.10 bits per heavy atom. The van der Waals surface area contributed by atoms with Crippen LogP contribution in [0, 0.1) is 0 Å². The Kier molecular flexibility index (Phi) is 5.78. The average molecular weight is 385 g/mol. The topological polar surface area (TPSA) is 12.0 Å². The molecule has 0 aliphatic heterocycles. The van der Waals surface area contributed by atoms with Crippen molar-refractivity contribution in [1.29, 1.82) is 0 Å². The molecule has 1 nitrogen and oxygen atoms in total. The van der Waals surface area contributed by atoms with Crippen LogP contribution in [0.3, 0.4) is 0 Å². The lowest BCUT2D eigenvalue weighted by Gasteiger charge is -2.21. The van der Waals surface area contributed by atoms with E-state index >= 15 is 0 Å². The summed E-state index contributed by atoms with van der Waals surface area (Å²) in [5, 5.41) is 4.30. The Bertz CT molecular complexity index is 605. The first kappa shape index (κ1) is 16.9. The maximum atomic E-state index is 6.15. The van der Waals surface area contributed by atoms with Crippen molar-refractivity contribution in [3.8, 4) is 0 Å². The molecule has 0 atom stereocenters. The predicted molar refractivity (Wildman–Crippen MR) is 96.3 cm³/mol. The smallest absolute Gasteiger partial charge is 0.0410 e. The Morgan fingerprint density at radius 3 is 2.38 bits per heavy atom. The minimum Gasteiger partial charge on any atom is -0.308 e. The van der Waals surface area contributed by atoms with E-state index in [2.05, 4.69) is 72.3 Å². The molecule has 0 unspecified atom stereocenters. The summed E-state index contributed by atoms with van der Waals surface area (Å²) in [6.45, 7) is 7.31. The Labute approximate surface area is 144 Å². The molecule has 0 bridgehead atoms. The van der Waals surface area contributed by atoms with Crippen molar-refractivity contribution in [3.05, 3.63) is 57.5 Å². The van der Waals surface area contributed by atoms with Gasteiger partial charge in [0, 0.05) is 31.4 Å². The van der Waals surface area contributed by atoms with Gasteiger partial charge in [-0.25, -0.2) is 0 Å². The highest BCUT2D eigenvalue weighted by Gasteiger charge is 2.11. The van der Waals surface area contributed by atoms with E-state index < -0.39 is 0 Å². The lowest BCUT2D eigenvalue weighted by molar-refractivity contribution is 0.422. The van der Waals surface area contributed by atoms with Gasteiger partial charge in [0.1, 0.15) is 0 Å². The minimum atomic E-state index is 0.0852. The molecule has 112 valence electrons. The molecule has 0 aliphatic carbocycles. The van der Waals surface area contributed by atoms with Crippen molar-refractivity contribution in [2.24, 2.45) is 0 Å². The van der Waals surface area contributed by atoms with Crippen LogP contribution in [0.1, 0.15) is 26.3 Å². The van der Waals surface area contributed by atoms with Crippen LogP contribution in [0.15, 0.2) is 56.7 Å². The molecule has 0 saturated heterocycles. The number of halogens is 2. The quantitative estimate of drug-likeness (QED) is 0.679. The maximum Gasteiger partial charge on any atom is 0.0410 e. The second kappa shape index (κ2) is 7.19. The summed E-state index contributed by atoms with van der Waals surface area (Å²) in [4.78, 5) is 2.45. The largest absolute Gasteiger partial charge is 0.308 e. The van der Waals surface area contributed by atoms with Crippen LogP contribution in [0.25, 0.3) is 0 Å². The molecule has 4 heteroatoms. The van der Waals surface area contributed by atoms with Gasteiger partial charge in [-0.2, -0.15) is 0 Å². The third-order valence-electron chi connectivity index (χ3n) is 2.87. The van der Waals surface area contributed by atoms with Crippen molar-refractivity contribution in [1.82, 2.24) is 5.32 Å².